The molecule has 0 aliphatic rings. The average molecular weight is 255 g/mol. The second-order valence-electron chi connectivity index (χ2n) is 3.48. The second-order valence-corrected chi connectivity index (χ2v) is 3.48. The third-order valence-electron chi connectivity index (χ3n) is 2.29. The Morgan fingerprint density at radius 1 is 1.28 bits per heavy atom. The molecule has 5 nitrogen and oxygen atoms in total. The van der Waals surface area contributed by atoms with Crippen molar-refractivity contribution in [1.82, 2.24) is 5.12 Å². The van der Waals surface area contributed by atoms with Crippen LogP contribution in [0.5, 0.6) is 0 Å². The molecule has 1 atom stereocenters. The molecule has 1 aromatic rings. The lowest BCUT2D eigenvalue weighted by Crippen LogP contribution is -2.43. The second kappa shape index (κ2) is 6.70. The van der Waals surface area contributed by atoms with Crippen LogP contribution in [0.4, 0.5) is 4.48 Å². The number of carbonyl (C=O) groups excluding carboxylic acids is 2. The molecule has 1 amide bonds. The number of hydrogen-bond acceptors (Lipinski definition) is 4. The van der Waals surface area contributed by atoms with Crippen LogP contribution in [-0.2, 0) is 14.3 Å². The fourth-order valence-corrected chi connectivity index (χ4v) is 1.37. The zero-order valence-electron chi connectivity index (χ0n) is 10.1. The van der Waals surface area contributed by atoms with Crippen LogP contribution >= 0.6 is 0 Å². The van der Waals surface area contributed by atoms with Crippen LogP contribution in [-0.4, -0.2) is 43.9 Å². The van der Waals surface area contributed by atoms with Crippen molar-refractivity contribution in [2.24, 2.45) is 0 Å². The van der Waals surface area contributed by atoms with E-state index in [1.54, 1.807) is 18.2 Å². The first-order chi connectivity index (χ1) is 8.61. The highest BCUT2D eigenvalue weighted by molar-refractivity contribution is 5.95. The monoisotopic (exact) mass is 255 g/mol. The van der Waals surface area contributed by atoms with Crippen LogP contribution < -0.4 is 0 Å². The highest BCUT2D eigenvalue weighted by Gasteiger charge is 2.32. The Morgan fingerprint density at radius 2 is 1.89 bits per heavy atom. The van der Waals surface area contributed by atoms with Gasteiger partial charge in [0.25, 0.3) is 5.91 Å². The fraction of sp³-hybridized carbons (Fsp3) is 0.333. The first-order valence-electron chi connectivity index (χ1n) is 5.23. The van der Waals surface area contributed by atoms with Gasteiger partial charge in [-0.3, -0.25) is 4.79 Å². The SMILES string of the molecule is COCC(C(=O)OC)N(F)C(=O)c1ccccc1. The summed E-state index contributed by atoms with van der Waals surface area (Å²) >= 11 is 0. The molecule has 0 N–H and O–H groups in total. The summed E-state index contributed by atoms with van der Waals surface area (Å²) < 4.78 is 23.0. The number of methoxy groups -OCH3 is 2. The van der Waals surface area contributed by atoms with Gasteiger partial charge in [0.2, 0.25) is 0 Å². The zero-order valence-corrected chi connectivity index (χ0v) is 10.1. The standard InChI is InChI=1S/C12H14FNO4/c1-17-8-10(12(16)18-2)14(13)11(15)9-6-4-3-5-7-9/h3-7,10H,8H2,1-2H3. The Hall–Kier alpha value is -1.95. The van der Waals surface area contributed by atoms with Gasteiger partial charge in [-0.25, -0.2) is 4.79 Å². The minimum absolute atomic E-state index is 0.144. The van der Waals surface area contributed by atoms with Crippen LogP contribution in [0.1, 0.15) is 10.4 Å². The number of esters is 1. The maximum absolute atomic E-state index is 13.9. The maximum Gasteiger partial charge on any atom is 0.333 e. The molecule has 1 unspecified atom stereocenters. The molecule has 18 heavy (non-hydrogen) atoms. The molecule has 0 fully saturated rings. The summed E-state index contributed by atoms with van der Waals surface area (Å²) in [6, 6.07) is 6.40. The van der Waals surface area contributed by atoms with Crippen molar-refractivity contribution < 1.29 is 23.5 Å². The van der Waals surface area contributed by atoms with Crippen LogP contribution in [0, 0.1) is 0 Å². The van der Waals surface area contributed by atoms with Crippen molar-refractivity contribution in [3.05, 3.63) is 35.9 Å². The Kier molecular flexibility index (Phi) is 5.26. The van der Waals surface area contributed by atoms with Crippen LogP contribution in [0.3, 0.4) is 0 Å². The third-order valence-corrected chi connectivity index (χ3v) is 2.29. The molecular weight excluding hydrogens is 241 g/mol. The van der Waals surface area contributed by atoms with E-state index in [-0.39, 0.29) is 17.3 Å². The molecule has 0 saturated carbocycles. The summed E-state index contributed by atoms with van der Waals surface area (Å²) in [4.78, 5) is 23.1. The number of benzene rings is 1. The van der Waals surface area contributed by atoms with E-state index in [9.17, 15) is 14.1 Å². The van der Waals surface area contributed by atoms with E-state index in [1.165, 1.54) is 19.2 Å². The molecule has 0 aliphatic carbocycles. The van der Waals surface area contributed by atoms with Crippen molar-refractivity contribution in [3.8, 4) is 0 Å². The number of carbonyl (C=O) groups is 2. The van der Waals surface area contributed by atoms with E-state index in [1.807, 2.05) is 0 Å². The number of halogens is 1. The van der Waals surface area contributed by atoms with Crippen LogP contribution in [0.15, 0.2) is 30.3 Å². The van der Waals surface area contributed by atoms with Gasteiger partial charge < -0.3 is 9.47 Å². The molecule has 0 spiro atoms. The summed E-state index contributed by atoms with van der Waals surface area (Å²) in [7, 11) is 2.42. The molecule has 0 saturated heterocycles. The molecule has 0 heterocycles. The lowest BCUT2D eigenvalue weighted by atomic mass is 10.2. The van der Waals surface area contributed by atoms with E-state index in [0.29, 0.717) is 0 Å². The van der Waals surface area contributed by atoms with Crippen LogP contribution in [0.25, 0.3) is 0 Å². The molecule has 1 aromatic carbocycles. The van der Waals surface area contributed by atoms with Crippen molar-refractivity contribution in [3.63, 3.8) is 0 Å². The Balaban J connectivity index is 2.86. The molecule has 98 valence electrons. The van der Waals surface area contributed by atoms with Gasteiger partial charge in [-0.1, -0.05) is 22.7 Å². The third kappa shape index (κ3) is 3.27. The van der Waals surface area contributed by atoms with E-state index in [4.69, 9.17) is 4.74 Å². The molecule has 0 aliphatic heterocycles. The highest BCUT2D eigenvalue weighted by atomic mass is 19.2. The van der Waals surface area contributed by atoms with Gasteiger partial charge in [0, 0.05) is 12.7 Å². The molecule has 6 heteroatoms. The van der Waals surface area contributed by atoms with E-state index < -0.39 is 17.9 Å². The maximum atomic E-state index is 13.9. The lowest BCUT2D eigenvalue weighted by molar-refractivity contribution is -0.154. The Morgan fingerprint density at radius 3 is 2.39 bits per heavy atom. The van der Waals surface area contributed by atoms with Gasteiger partial charge in [-0.05, 0) is 12.1 Å². The van der Waals surface area contributed by atoms with Gasteiger partial charge in [0.05, 0.1) is 13.7 Å². The molecule has 0 aromatic heterocycles. The minimum atomic E-state index is -1.41. The summed E-state index contributed by atoms with van der Waals surface area (Å²) in [6.45, 7) is -0.276. The zero-order chi connectivity index (χ0) is 13.5. The predicted octanol–water partition coefficient (Wildman–Crippen LogP) is 1.20. The first-order valence-corrected chi connectivity index (χ1v) is 5.23. The smallest absolute Gasteiger partial charge is 0.333 e. The largest absolute Gasteiger partial charge is 0.467 e. The Labute approximate surface area is 104 Å². The number of amides is 1. The molecule has 0 radical (unpaired) electrons. The van der Waals surface area contributed by atoms with Gasteiger partial charge in [-0.15, -0.1) is 0 Å². The van der Waals surface area contributed by atoms with Crippen molar-refractivity contribution in [2.45, 2.75) is 6.04 Å². The Bertz CT molecular complexity index is 410. The predicted molar refractivity (Wildman–Crippen MR) is 61.4 cm³/mol. The number of nitrogens with zero attached hydrogens (tertiary/aromatic N) is 1. The fourth-order valence-electron chi connectivity index (χ4n) is 1.37. The number of hydrogen-bond donors (Lipinski definition) is 0. The van der Waals surface area contributed by atoms with Gasteiger partial charge in [0.1, 0.15) is 0 Å². The quantitative estimate of drug-likeness (QED) is 0.586. The van der Waals surface area contributed by atoms with E-state index >= 15 is 0 Å². The number of rotatable bonds is 5. The molecule has 1 rings (SSSR count). The summed E-state index contributed by atoms with van der Waals surface area (Å²) in [5.41, 5.74) is 0.144. The average Bonchev–Trinajstić information content (AvgIpc) is 2.43. The highest BCUT2D eigenvalue weighted by Crippen LogP contribution is 2.10. The molecule has 0 bridgehead atoms. The number of ether oxygens (including phenoxy) is 2. The first kappa shape index (κ1) is 14.1. The van der Waals surface area contributed by atoms with Gasteiger partial charge in [0.15, 0.2) is 6.04 Å². The van der Waals surface area contributed by atoms with Crippen LogP contribution in [0.2, 0.25) is 0 Å². The van der Waals surface area contributed by atoms with E-state index in [0.717, 1.165) is 7.11 Å². The summed E-state index contributed by atoms with van der Waals surface area (Å²) in [5.74, 6) is -1.79. The topological polar surface area (TPSA) is 55.8 Å². The van der Waals surface area contributed by atoms with Gasteiger partial charge in [-0.2, -0.15) is 5.12 Å². The lowest BCUT2D eigenvalue weighted by Gasteiger charge is -2.20. The minimum Gasteiger partial charge on any atom is -0.467 e. The normalized spacial score (nSPS) is 11.7. The summed E-state index contributed by atoms with van der Waals surface area (Å²) in [5, 5.41) is -0.176. The van der Waals surface area contributed by atoms with Gasteiger partial charge >= 0.3 is 5.97 Å². The molecular formula is C12H14FNO4. The van der Waals surface area contributed by atoms with Crippen molar-refractivity contribution >= 4 is 11.9 Å². The van der Waals surface area contributed by atoms with Crippen molar-refractivity contribution in [1.29, 1.82) is 0 Å². The van der Waals surface area contributed by atoms with E-state index in [2.05, 4.69) is 4.74 Å². The summed E-state index contributed by atoms with van der Waals surface area (Å²) in [6.07, 6.45) is 0. The van der Waals surface area contributed by atoms with Crippen molar-refractivity contribution in [2.75, 3.05) is 20.8 Å².